The summed E-state index contributed by atoms with van der Waals surface area (Å²) >= 11 is 0. The molecule has 3 aromatic rings. The molecule has 7 heteroatoms. The van der Waals surface area contributed by atoms with Gasteiger partial charge in [-0.25, -0.2) is 0 Å². The number of piperidine rings is 1. The predicted molar refractivity (Wildman–Crippen MR) is 148 cm³/mol. The van der Waals surface area contributed by atoms with Crippen molar-refractivity contribution in [1.29, 1.82) is 0 Å². The highest BCUT2D eigenvalue weighted by molar-refractivity contribution is 5.92. The average Bonchev–Trinajstić information content (AvgIpc) is 2.91. The van der Waals surface area contributed by atoms with Crippen molar-refractivity contribution in [2.24, 2.45) is 11.7 Å². The summed E-state index contributed by atoms with van der Waals surface area (Å²) in [7, 11) is 0. The number of benzene rings is 3. The Balaban J connectivity index is 0.00000380. The van der Waals surface area contributed by atoms with Crippen molar-refractivity contribution in [3.63, 3.8) is 0 Å². The molecule has 0 bridgehead atoms. The van der Waals surface area contributed by atoms with Gasteiger partial charge in [-0.3, -0.25) is 9.59 Å². The lowest BCUT2D eigenvalue weighted by molar-refractivity contribution is -0.141. The van der Waals surface area contributed by atoms with E-state index in [2.05, 4.69) is 5.32 Å². The SMILES string of the molecule is Cl.NC(=O)[C@@H](CCC1CCNCC1)N(Cc1ccc(O)cc1)C(=O)C(c1ccccc1)c1ccccc1. The number of rotatable bonds is 10. The molecule has 0 spiro atoms. The molecule has 1 fully saturated rings. The van der Waals surface area contributed by atoms with Crippen molar-refractivity contribution in [2.75, 3.05) is 13.1 Å². The summed E-state index contributed by atoms with van der Waals surface area (Å²) in [6, 6.07) is 25.4. The first-order chi connectivity index (χ1) is 17.5. The molecule has 0 saturated carbocycles. The van der Waals surface area contributed by atoms with Gasteiger partial charge < -0.3 is 21.1 Å². The van der Waals surface area contributed by atoms with Gasteiger partial charge in [0.2, 0.25) is 11.8 Å². The number of halogens is 1. The molecule has 196 valence electrons. The maximum atomic E-state index is 14.4. The fraction of sp³-hybridized carbons (Fsp3) is 0.333. The summed E-state index contributed by atoms with van der Waals surface area (Å²) in [6.07, 6.45) is 3.50. The van der Waals surface area contributed by atoms with E-state index in [0.717, 1.165) is 49.0 Å². The number of carbonyl (C=O) groups excluding carboxylic acids is 2. The van der Waals surface area contributed by atoms with Crippen LogP contribution < -0.4 is 11.1 Å². The smallest absolute Gasteiger partial charge is 0.240 e. The van der Waals surface area contributed by atoms with E-state index < -0.39 is 17.9 Å². The van der Waals surface area contributed by atoms with Gasteiger partial charge in [-0.2, -0.15) is 0 Å². The highest BCUT2D eigenvalue weighted by atomic mass is 35.5. The Kier molecular flexibility index (Phi) is 10.5. The van der Waals surface area contributed by atoms with Gasteiger partial charge >= 0.3 is 0 Å². The second-order valence-corrected chi connectivity index (χ2v) is 9.58. The van der Waals surface area contributed by atoms with Crippen LogP contribution in [-0.2, 0) is 16.1 Å². The zero-order chi connectivity index (χ0) is 25.3. The minimum atomic E-state index is -0.726. The topological polar surface area (TPSA) is 95.7 Å². The second-order valence-electron chi connectivity index (χ2n) is 9.58. The molecule has 0 aliphatic carbocycles. The molecule has 6 nitrogen and oxygen atoms in total. The van der Waals surface area contributed by atoms with E-state index in [0.29, 0.717) is 12.3 Å². The van der Waals surface area contributed by atoms with Gasteiger partial charge in [0.05, 0.1) is 5.92 Å². The normalized spacial score (nSPS) is 14.5. The number of nitrogens with zero attached hydrogens (tertiary/aromatic N) is 1. The Morgan fingerprint density at radius 2 is 1.43 bits per heavy atom. The quantitative estimate of drug-likeness (QED) is 0.363. The predicted octanol–water partition coefficient (Wildman–Crippen LogP) is 4.61. The van der Waals surface area contributed by atoms with E-state index in [-0.39, 0.29) is 30.6 Å². The molecule has 0 unspecified atom stereocenters. The van der Waals surface area contributed by atoms with Gasteiger partial charge in [0.1, 0.15) is 11.8 Å². The van der Waals surface area contributed by atoms with Crippen molar-refractivity contribution >= 4 is 24.2 Å². The fourth-order valence-electron chi connectivity index (χ4n) is 5.09. The number of hydrogen-bond donors (Lipinski definition) is 3. The van der Waals surface area contributed by atoms with Crippen LogP contribution >= 0.6 is 12.4 Å². The first-order valence-corrected chi connectivity index (χ1v) is 12.7. The molecule has 0 aromatic heterocycles. The van der Waals surface area contributed by atoms with Crippen LogP contribution in [0.1, 0.15) is 48.3 Å². The van der Waals surface area contributed by atoms with Gasteiger partial charge in [-0.1, -0.05) is 72.8 Å². The number of nitrogens with one attached hydrogen (secondary N) is 1. The third kappa shape index (κ3) is 7.57. The Bertz CT molecular complexity index is 1080. The summed E-state index contributed by atoms with van der Waals surface area (Å²) in [5, 5.41) is 13.1. The average molecular weight is 522 g/mol. The van der Waals surface area contributed by atoms with Crippen LogP contribution in [0, 0.1) is 5.92 Å². The first-order valence-electron chi connectivity index (χ1n) is 12.7. The number of primary amides is 1. The van der Waals surface area contributed by atoms with Crippen LogP contribution in [0.25, 0.3) is 0 Å². The van der Waals surface area contributed by atoms with Crippen LogP contribution in [0.3, 0.4) is 0 Å². The Morgan fingerprint density at radius 1 is 0.892 bits per heavy atom. The summed E-state index contributed by atoms with van der Waals surface area (Å²) in [5.74, 6) is -0.547. The van der Waals surface area contributed by atoms with Gasteiger partial charge in [-0.05, 0) is 73.5 Å². The van der Waals surface area contributed by atoms with Crippen molar-refractivity contribution in [2.45, 2.75) is 44.2 Å². The number of hydrogen-bond acceptors (Lipinski definition) is 4. The summed E-state index contributed by atoms with van der Waals surface area (Å²) in [6.45, 7) is 2.19. The Morgan fingerprint density at radius 3 is 1.95 bits per heavy atom. The molecule has 1 heterocycles. The monoisotopic (exact) mass is 521 g/mol. The van der Waals surface area contributed by atoms with Crippen molar-refractivity contribution in [3.05, 3.63) is 102 Å². The minimum absolute atomic E-state index is 0. The standard InChI is InChI=1S/C30H35N3O3.ClH/c31-29(35)27(16-13-22-17-19-32-20-18-22)33(21-23-11-14-26(34)15-12-23)30(36)28(24-7-3-1-4-8-24)25-9-5-2-6-10-25;/h1-12,14-15,22,27-28,32,34H,13,16-21H2,(H2,31,35);1H/t27-;/m1./s1. The number of nitrogens with two attached hydrogens (primary N) is 1. The van der Waals surface area contributed by atoms with Crippen molar-refractivity contribution in [3.8, 4) is 5.75 Å². The number of phenolic OH excluding ortho intramolecular Hbond substituents is 1. The lowest BCUT2D eigenvalue weighted by Crippen LogP contribution is -2.49. The van der Waals surface area contributed by atoms with E-state index in [9.17, 15) is 14.7 Å². The van der Waals surface area contributed by atoms with Crippen LogP contribution in [0.2, 0.25) is 0 Å². The van der Waals surface area contributed by atoms with E-state index in [1.165, 1.54) is 0 Å². The minimum Gasteiger partial charge on any atom is -0.508 e. The molecular formula is C30H36ClN3O3. The first kappa shape index (κ1) is 28.2. The highest BCUT2D eigenvalue weighted by Gasteiger charge is 2.35. The summed E-state index contributed by atoms with van der Waals surface area (Å²) < 4.78 is 0. The lowest BCUT2D eigenvalue weighted by Gasteiger charge is -2.34. The van der Waals surface area contributed by atoms with Crippen molar-refractivity contribution in [1.82, 2.24) is 10.2 Å². The second kappa shape index (κ2) is 13.8. The maximum Gasteiger partial charge on any atom is 0.240 e. The zero-order valence-corrected chi connectivity index (χ0v) is 21.8. The van der Waals surface area contributed by atoms with Gasteiger partial charge in [0.25, 0.3) is 0 Å². The fourth-order valence-corrected chi connectivity index (χ4v) is 5.09. The zero-order valence-electron chi connectivity index (χ0n) is 21.0. The molecular weight excluding hydrogens is 486 g/mol. The molecule has 1 atom stereocenters. The molecule has 0 radical (unpaired) electrons. The summed E-state index contributed by atoms with van der Waals surface area (Å²) in [5.41, 5.74) is 8.52. The number of carbonyl (C=O) groups is 2. The van der Waals surface area contributed by atoms with Gasteiger partial charge in [0.15, 0.2) is 0 Å². The number of phenols is 1. The molecule has 1 aliphatic heterocycles. The van der Waals surface area contributed by atoms with E-state index in [4.69, 9.17) is 5.73 Å². The molecule has 2 amide bonds. The van der Waals surface area contributed by atoms with Gasteiger partial charge in [-0.15, -0.1) is 12.4 Å². The van der Waals surface area contributed by atoms with Gasteiger partial charge in [0, 0.05) is 6.54 Å². The third-order valence-electron chi connectivity index (χ3n) is 7.10. The Labute approximate surface area is 225 Å². The molecule has 1 saturated heterocycles. The maximum absolute atomic E-state index is 14.4. The number of aromatic hydroxyl groups is 1. The van der Waals surface area contributed by atoms with Crippen LogP contribution in [0.5, 0.6) is 5.75 Å². The lowest BCUT2D eigenvalue weighted by atomic mass is 9.88. The molecule has 3 aromatic carbocycles. The van der Waals surface area contributed by atoms with E-state index in [1.54, 1.807) is 29.2 Å². The summed E-state index contributed by atoms with van der Waals surface area (Å²) in [4.78, 5) is 28.9. The number of amides is 2. The van der Waals surface area contributed by atoms with Crippen LogP contribution in [0.4, 0.5) is 0 Å². The van der Waals surface area contributed by atoms with Crippen LogP contribution in [-0.4, -0.2) is 41.0 Å². The van der Waals surface area contributed by atoms with E-state index in [1.807, 2.05) is 60.7 Å². The largest absolute Gasteiger partial charge is 0.508 e. The molecule has 37 heavy (non-hydrogen) atoms. The molecule has 1 aliphatic rings. The third-order valence-corrected chi connectivity index (χ3v) is 7.10. The van der Waals surface area contributed by atoms with Crippen LogP contribution in [0.15, 0.2) is 84.9 Å². The highest BCUT2D eigenvalue weighted by Crippen LogP contribution is 2.30. The molecule has 4 rings (SSSR count). The Hall–Kier alpha value is -3.35. The molecule has 4 N–H and O–H groups in total. The van der Waals surface area contributed by atoms with E-state index >= 15 is 0 Å². The van der Waals surface area contributed by atoms with Crippen molar-refractivity contribution < 1.29 is 14.7 Å².